The van der Waals surface area contributed by atoms with Crippen LogP contribution in [0.3, 0.4) is 0 Å². The highest BCUT2D eigenvalue weighted by molar-refractivity contribution is 9.11. The minimum Gasteiger partial charge on any atom is -0.506 e. The number of nitrogens with one attached hydrogen (secondary N) is 2. The number of hydrazone groups is 1. The number of carbonyl (C=O) groups is 2. The van der Waals surface area contributed by atoms with Crippen LogP contribution in [0.15, 0.2) is 62.6 Å². The van der Waals surface area contributed by atoms with E-state index in [0.717, 1.165) is 10.8 Å². The Labute approximate surface area is 182 Å². The molecule has 4 N–H and O–H groups in total. The largest absolute Gasteiger partial charge is 0.506 e. The number of fused-ring (bicyclic) bond motifs is 1. The third kappa shape index (κ3) is 4.57. The van der Waals surface area contributed by atoms with E-state index in [1.807, 2.05) is 30.3 Å². The lowest BCUT2D eigenvalue weighted by Gasteiger charge is -2.10. The first-order valence-electron chi connectivity index (χ1n) is 8.32. The number of aromatic hydroxyl groups is 2. The van der Waals surface area contributed by atoms with Gasteiger partial charge in [0.15, 0.2) is 0 Å². The molecule has 0 aromatic heterocycles. The number of amides is 2. The molecular formula is C20H15Br2N3O4. The Morgan fingerprint density at radius 2 is 1.62 bits per heavy atom. The van der Waals surface area contributed by atoms with Crippen LogP contribution in [0.1, 0.15) is 12.5 Å². The van der Waals surface area contributed by atoms with E-state index < -0.39 is 11.8 Å². The molecule has 2 amide bonds. The Hall–Kier alpha value is -2.91. The molecule has 148 valence electrons. The first-order valence-corrected chi connectivity index (χ1v) is 9.91. The number of hydrogen-bond acceptors (Lipinski definition) is 5. The summed E-state index contributed by atoms with van der Waals surface area (Å²) in [6.07, 6.45) is 0. The summed E-state index contributed by atoms with van der Waals surface area (Å²) in [4.78, 5) is 24.2. The maximum absolute atomic E-state index is 12.1. The van der Waals surface area contributed by atoms with Crippen LogP contribution in [0.4, 0.5) is 5.69 Å². The summed E-state index contributed by atoms with van der Waals surface area (Å²) in [6, 6.07) is 14.4. The maximum Gasteiger partial charge on any atom is 0.329 e. The lowest BCUT2D eigenvalue weighted by molar-refractivity contribution is -0.136. The van der Waals surface area contributed by atoms with Gasteiger partial charge in [-0.1, -0.05) is 30.3 Å². The summed E-state index contributed by atoms with van der Waals surface area (Å²) in [7, 11) is 0. The van der Waals surface area contributed by atoms with Gasteiger partial charge < -0.3 is 15.5 Å². The van der Waals surface area contributed by atoms with E-state index in [9.17, 15) is 19.8 Å². The molecule has 0 radical (unpaired) electrons. The number of carbonyl (C=O) groups excluding carboxylic acids is 2. The Bertz CT molecular complexity index is 1160. The van der Waals surface area contributed by atoms with E-state index in [1.54, 1.807) is 12.1 Å². The molecule has 0 bridgehead atoms. The van der Waals surface area contributed by atoms with Gasteiger partial charge in [-0.2, -0.15) is 5.10 Å². The second-order valence-electron chi connectivity index (χ2n) is 6.07. The number of benzene rings is 3. The highest BCUT2D eigenvalue weighted by Gasteiger charge is 2.17. The molecule has 0 aliphatic heterocycles. The van der Waals surface area contributed by atoms with Crippen molar-refractivity contribution in [3.8, 4) is 11.5 Å². The van der Waals surface area contributed by atoms with Gasteiger partial charge in [0.1, 0.15) is 16.0 Å². The van der Waals surface area contributed by atoms with Crippen LogP contribution < -0.4 is 10.7 Å². The van der Waals surface area contributed by atoms with Crippen LogP contribution in [-0.4, -0.2) is 27.7 Å². The number of phenolic OH excluding ortho intramolecular Hbond substituents is 2. The molecule has 0 aliphatic carbocycles. The molecule has 3 aromatic rings. The predicted molar refractivity (Wildman–Crippen MR) is 118 cm³/mol. The van der Waals surface area contributed by atoms with Gasteiger partial charge in [0.05, 0.1) is 10.2 Å². The SMILES string of the molecule is C/C(=N\NC(=O)C(=O)Nc1ccc2ccccc2c1)c1cc(Br)c(O)c(Br)c1O. The van der Waals surface area contributed by atoms with Crippen LogP contribution in [0, 0.1) is 0 Å². The summed E-state index contributed by atoms with van der Waals surface area (Å²) in [6.45, 7) is 1.53. The van der Waals surface area contributed by atoms with Crippen LogP contribution in [0.25, 0.3) is 10.8 Å². The standard InChI is InChI=1S/C20H15Br2N3O4/c1-10(14-9-15(21)18(27)16(22)17(14)26)24-25-20(29)19(28)23-13-7-6-11-4-2-3-5-12(11)8-13/h2-9,26-27H,1H3,(H,23,28)(H,25,29)/b24-10+. The number of anilines is 1. The van der Waals surface area contributed by atoms with Gasteiger partial charge in [-0.25, -0.2) is 5.43 Å². The summed E-state index contributed by atoms with van der Waals surface area (Å²) >= 11 is 6.23. The van der Waals surface area contributed by atoms with Gasteiger partial charge in [-0.15, -0.1) is 0 Å². The second-order valence-corrected chi connectivity index (χ2v) is 7.72. The second kappa shape index (κ2) is 8.62. The van der Waals surface area contributed by atoms with E-state index >= 15 is 0 Å². The molecular weight excluding hydrogens is 506 g/mol. The fourth-order valence-electron chi connectivity index (χ4n) is 2.58. The molecule has 29 heavy (non-hydrogen) atoms. The molecule has 0 spiro atoms. The van der Waals surface area contributed by atoms with E-state index in [1.165, 1.54) is 13.0 Å². The van der Waals surface area contributed by atoms with Gasteiger partial charge >= 0.3 is 11.8 Å². The summed E-state index contributed by atoms with van der Waals surface area (Å²) < 4.78 is 0.406. The van der Waals surface area contributed by atoms with Crippen LogP contribution in [-0.2, 0) is 9.59 Å². The molecule has 9 heteroatoms. The predicted octanol–water partition coefficient (Wildman–Crippen LogP) is 4.25. The Kier molecular flexibility index (Phi) is 6.19. The first kappa shape index (κ1) is 20.8. The number of halogens is 2. The maximum atomic E-state index is 12.1. The van der Waals surface area contributed by atoms with Crippen molar-refractivity contribution in [2.24, 2.45) is 5.10 Å². The molecule has 0 saturated heterocycles. The van der Waals surface area contributed by atoms with Crippen molar-refractivity contribution in [3.63, 3.8) is 0 Å². The topological polar surface area (TPSA) is 111 Å². The quantitative estimate of drug-likeness (QED) is 0.235. The zero-order chi connectivity index (χ0) is 21.1. The Morgan fingerprint density at radius 3 is 2.34 bits per heavy atom. The normalized spacial score (nSPS) is 11.3. The lowest BCUT2D eigenvalue weighted by atomic mass is 10.1. The van der Waals surface area contributed by atoms with Gasteiger partial charge in [0.2, 0.25) is 0 Å². The highest BCUT2D eigenvalue weighted by Crippen LogP contribution is 2.41. The molecule has 0 unspecified atom stereocenters. The lowest BCUT2D eigenvalue weighted by Crippen LogP contribution is -2.32. The zero-order valence-corrected chi connectivity index (χ0v) is 18.2. The van der Waals surface area contributed by atoms with Crippen molar-refractivity contribution in [2.75, 3.05) is 5.32 Å². The average Bonchev–Trinajstić information content (AvgIpc) is 2.72. The third-order valence-corrected chi connectivity index (χ3v) is 5.45. The summed E-state index contributed by atoms with van der Waals surface area (Å²) in [5.41, 5.74) is 3.12. The Balaban J connectivity index is 1.71. The van der Waals surface area contributed by atoms with Crippen molar-refractivity contribution >= 4 is 65.8 Å². The van der Waals surface area contributed by atoms with Crippen LogP contribution in [0.2, 0.25) is 0 Å². The molecule has 7 nitrogen and oxygen atoms in total. The van der Waals surface area contributed by atoms with Gasteiger partial charge in [0, 0.05) is 11.3 Å². The van der Waals surface area contributed by atoms with E-state index in [2.05, 4.69) is 47.7 Å². The number of phenols is 2. The number of rotatable bonds is 3. The molecule has 3 rings (SSSR count). The minimum absolute atomic E-state index is 0.0804. The fourth-order valence-corrected chi connectivity index (χ4v) is 3.70. The smallest absolute Gasteiger partial charge is 0.329 e. The van der Waals surface area contributed by atoms with Crippen molar-refractivity contribution in [1.82, 2.24) is 5.43 Å². The number of hydrogen-bond donors (Lipinski definition) is 4. The zero-order valence-electron chi connectivity index (χ0n) is 15.0. The molecule has 0 saturated carbocycles. The Morgan fingerprint density at radius 1 is 0.931 bits per heavy atom. The third-order valence-electron chi connectivity index (χ3n) is 4.10. The fraction of sp³-hybridized carbons (Fsp3) is 0.0500. The van der Waals surface area contributed by atoms with E-state index in [-0.39, 0.29) is 27.2 Å². The van der Waals surface area contributed by atoms with Crippen LogP contribution in [0.5, 0.6) is 11.5 Å². The molecule has 0 atom stereocenters. The van der Waals surface area contributed by atoms with Crippen molar-refractivity contribution in [1.29, 1.82) is 0 Å². The first-order chi connectivity index (χ1) is 13.8. The van der Waals surface area contributed by atoms with Gasteiger partial charge in [-0.3, -0.25) is 9.59 Å². The molecule has 3 aromatic carbocycles. The van der Waals surface area contributed by atoms with Gasteiger partial charge in [0.25, 0.3) is 0 Å². The molecule has 0 fully saturated rings. The number of nitrogens with zero attached hydrogens (tertiary/aromatic N) is 1. The molecule has 0 aliphatic rings. The van der Waals surface area contributed by atoms with Crippen molar-refractivity contribution in [2.45, 2.75) is 6.92 Å². The summed E-state index contributed by atoms with van der Waals surface area (Å²) in [5.74, 6) is -2.26. The average molecular weight is 521 g/mol. The monoisotopic (exact) mass is 519 g/mol. The van der Waals surface area contributed by atoms with Crippen LogP contribution >= 0.6 is 31.9 Å². The van der Waals surface area contributed by atoms with E-state index in [4.69, 9.17) is 0 Å². The van der Waals surface area contributed by atoms with Gasteiger partial charge in [-0.05, 0) is 67.8 Å². The molecule has 0 heterocycles. The van der Waals surface area contributed by atoms with E-state index in [0.29, 0.717) is 10.2 Å². The summed E-state index contributed by atoms with van der Waals surface area (Å²) in [5, 5.41) is 28.2. The van der Waals surface area contributed by atoms with Crippen molar-refractivity contribution < 1.29 is 19.8 Å². The minimum atomic E-state index is -0.964. The highest BCUT2D eigenvalue weighted by atomic mass is 79.9. The van der Waals surface area contributed by atoms with Crippen molar-refractivity contribution in [3.05, 3.63) is 63.0 Å².